The highest BCUT2D eigenvalue weighted by molar-refractivity contribution is 5.39. The third-order valence-electron chi connectivity index (χ3n) is 2.83. The van der Waals surface area contributed by atoms with E-state index in [4.69, 9.17) is 5.73 Å². The van der Waals surface area contributed by atoms with Gasteiger partial charge in [0.05, 0.1) is 0 Å². The van der Waals surface area contributed by atoms with Crippen LogP contribution < -0.4 is 5.73 Å². The van der Waals surface area contributed by atoms with E-state index in [1.165, 1.54) is 0 Å². The van der Waals surface area contributed by atoms with Gasteiger partial charge in [0, 0.05) is 5.54 Å². The Kier molecular flexibility index (Phi) is 2.00. The Balaban J connectivity index is 2.30. The molecule has 1 aliphatic rings. The maximum atomic E-state index is 13.3. The molecule has 0 saturated heterocycles. The molecule has 14 heavy (non-hydrogen) atoms. The Labute approximate surface area is 82.5 Å². The summed E-state index contributed by atoms with van der Waals surface area (Å²) in [5, 5.41) is 9.54. The Morgan fingerprint density at radius 1 is 1.50 bits per heavy atom. The smallest absolute Gasteiger partial charge is 0.167 e. The third-order valence-corrected chi connectivity index (χ3v) is 2.83. The molecule has 2 rings (SSSR count). The maximum Gasteiger partial charge on any atom is 0.167 e. The average Bonchev–Trinajstić information content (AvgIpc) is 2.86. The van der Waals surface area contributed by atoms with Crippen molar-refractivity contribution in [3.63, 3.8) is 0 Å². The minimum absolute atomic E-state index is 0.195. The highest BCUT2D eigenvalue weighted by Crippen LogP contribution is 2.38. The first kappa shape index (κ1) is 9.46. The Bertz CT molecular complexity index is 372. The van der Waals surface area contributed by atoms with E-state index in [0.717, 1.165) is 12.8 Å². The number of hydrogen-bond donors (Lipinski definition) is 2. The Morgan fingerprint density at radius 3 is 2.71 bits per heavy atom. The number of halogens is 1. The Morgan fingerprint density at radius 2 is 2.14 bits per heavy atom. The molecule has 1 aromatic rings. The lowest BCUT2D eigenvalue weighted by molar-refractivity contribution is 0.420. The molecule has 1 fully saturated rings. The van der Waals surface area contributed by atoms with Crippen molar-refractivity contribution in [2.24, 2.45) is 5.73 Å². The summed E-state index contributed by atoms with van der Waals surface area (Å²) >= 11 is 0. The second kappa shape index (κ2) is 2.95. The zero-order valence-electron chi connectivity index (χ0n) is 8.18. The first-order valence-corrected chi connectivity index (χ1v) is 4.78. The van der Waals surface area contributed by atoms with Gasteiger partial charge in [-0.3, -0.25) is 0 Å². The number of rotatable bonds is 2. The van der Waals surface area contributed by atoms with E-state index in [1.807, 2.05) is 0 Å². The number of hydrogen-bond acceptors (Lipinski definition) is 2. The number of phenols is 1. The minimum Gasteiger partial charge on any atom is -0.505 e. The molecule has 0 unspecified atom stereocenters. The van der Waals surface area contributed by atoms with Gasteiger partial charge in [-0.15, -0.1) is 0 Å². The van der Waals surface area contributed by atoms with Gasteiger partial charge in [-0.25, -0.2) is 4.39 Å². The van der Waals surface area contributed by atoms with Crippen molar-refractivity contribution in [3.8, 4) is 5.75 Å². The predicted molar refractivity (Wildman–Crippen MR) is 52.7 cm³/mol. The highest BCUT2D eigenvalue weighted by atomic mass is 19.1. The predicted octanol–water partition coefficient (Wildman–Crippen LogP) is 1.87. The summed E-state index contributed by atoms with van der Waals surface area (Å²) in [5.74, 6) is -0.756. The molecular weight excluding hydrogens is 181 g/mol. The van der Waals surface area contributed by atoms with E-state index in [9.17, 15) is 9.50 Å². The molecule has 76 valence electrons. The van der Waals surface area contributed by atoms with Crippen LogP contribution >= 0.6 is 0 Å². The fraction of sp³-hybridized carbons (Fsp3) is 0.455. The van der Waals surface area contributed by atoms with Crippen LogP contribution in [-0.4, -0.2) is 10.6 Å². The van der Waals surface area contributed by atoms with Crippen LogP contribution in [0.3, 0.4) is 0 Å². The zero-order chi connectivity index (χ0) is 10.3. The van der Waals surface area contributed by atoms with Gasteiger partial charge >= 0.3 is 0 Å². The Hall–Kier alpha value is -1.09. The van der Waals surface area contributed by atoms with Crippen molar-refractivity contribution in [3.05, 3.63) is 29.1 Å². The van der Waals surface area contributed by atoms with Gasteiger partial charge < -0.3 is 10.8 Å². The SMILES string of the molecule is Cc1ccc(CC2(N)CC2)c(O)c1F. The van der Waals surface area contributed by atoms with Crippen molar-refractivity contribution in [2.45, 2.75) is 31.7 Å². The van der Waals surface area contributed by atoms with Crippen LogP contribution in [0.15, 0.2) is 12.1 Å². The number of aromatic hydroxyl groups is 1. The van der Waals surface area contributed by atoms with Gasteiger partial charge in [-0.05, 0) is 37.3 Å². The molecule has 1 aliphatic carbocycles. The molecule has 0 aromatic heterocycles. The molecule has 0 heterocycles. The number of aryl methyl sites for hydroxylation is 1. The summed E-state index contributed by atoms with van der Waals surface area (Å²) in [6.45, 7) is 1.63. The van der Waals surface area contributed by atoms with Crippen molar-refractivity contribution in [1.82, 2.24) is 0 Å². The summed E-state index contributed by atoms with van der Waals surface area (Å²) < 4.78 is 13.3. The van der Waals surface area contributed by atoms with Crippen molar-refractivity contribution < 1.29 is 9.50 Å². The topological polar surface area (TPSA) is 46.2 Å². The highest BCUT2D eigenvalue weighted by Gasteiger charge is 2.38. The average molecular weight is 195 g/mol. The van der Waals surface area contributed by atoms with E-state index in [-0.39, 0.29) is 11.3 Å². The monoisotopic (exact) mass is 195 g/mol. The second-order valence-electron chi connectivity index (χ2n) is 4.24. The fourth-order valence-electron chi connectivity index (χ4n) is 1.56. The van der Waals surface area contributed by atoms with E-state index >= 15 is 0 Å². The van der Waals surface area contributed by atoms with Gasteiger partial charge in [0.2, 0.25) is 0 Å². The lowest BCUT2D eigenvalue weighted by Crippen LogP contribution is -2.24. The van der Waals surface area contributed by atoms with Crippen molar-refractivity contribution in [2.75, 3.05) is 0 Å². The van der Waals surface area contributed by atoms with Crippen LogP contribution in [0.1, 0.15) is 24.0 Å². The molecule has 2 nitrogen and oxygen atoms in total. The molecule has 0 aliphatic heterocycles. The van der Waals surface area contributed by atoms with Gasteiger partial charge in [-0.1, -0.05) is 12.1 Å². The number of phenolic OH excluding ortho intramolecular Hbond substituents is 1. The lowest BCUT2D eigenvalue weighted by Gasteiger charge is -2.11. The van der Waals surface area contributed by atoms with Gasteiger partial charge in [-0.2, -0.15) is 0 Å². The van der Waals surface area contributed by atoms with Crippen molar-refractivity contribution >= 4 is 0 Å². The molecule has 0 atom stereocenters. The van der Waals surface area contributed by atoms with Gasteiger partial charge in [0.15, 0.2) is 11.6 Å². The van der Waals surface area contributed by atoms with Crippen molar-refractivity contribution in [1.29, 1.82) is 0 Å². The van der Waals surface area contributed by atoms with Crippen LogP contribution in [0.2, 0.25) is 0 Å². The molecular formula is C11H14FNO. The van der Waals surface area contributed by atoms with E-state index < -0.39 is 5.82 Å². The zero-order valence-corrected chi connectivity index (χ0v) is 8.18. The summed E-state index contributed by atoms with van der Waals surface area (Å²) in [6, 6.07) is 3.43. The summed E-state index contributed by atoms with van der Waals surface area (Å²) in [5.41, 5.74) is 6.79. The summed E-state index contributed by atoms with van der Waals surface area (Å²) in [4.78, 5) is 0. The standard InChI is InChI=1S/C11H14FNO/c1-7-2-3-8(10(14)9(7)12)6-11(13)4-5-11/h2-3,14H,4-6,13H2,1H3. The number of nitrogens with two attached hydrogens (primary N) is 1. The molecule has 3 N–H and O–H groups in total. The third kappa shape index (κ3) is 1.60. The molecule has 0 radical (unpaired) electrons. The van der Waals surface area contributed by atoms with Gasteiger partial charge in [0.1, 0.15) is 0 Å². The number of benzene rings is 1. The normalized spacial score (nSPS) is 18.2. The molecule has 1 aromatic carbocycles. The molecule has 1 saturated carbocycles. The lowest BCUT2D eigenvalue weighted by atomic mass is 10.0. The van der Waals surface area contributed by atoms with Crippen LogP contribution in [0.4, 0.5) is 4.39 Å². The maximum absolute atomic E-state index is 13.3. The van der Waals surface area contributed by atoms with Crippen LogP contribution in [-0.2, 0) is 6.42 Å². The van der Waals surface area contributed by atoms with E-state index in [0.29, 0.717) is 17.5 Å². The van der Waals surface area contributed by atoms with E-state index in [1.54, 1.807) is 19.1 Å². The summed E-state index contributed by atoms with van der Waals surface area (Å²) in [7, 11) is 0. The van der Waals surface area contributed by atoms with Crippen LogP contribution in [0.5, 0.6) is 5.75 Å². The van der Waals surface area contributed by atoms with Crippen LogP contribution in [0, 0.1) is 12.7 Å². The minimum atomic E-state index is -0.522. The molecule has 0 bridgehead atoms. The fourth-order valence-corrected chi connectivity index (χ4v) is 1.56. The summed E-state index contributed by atoms with van der Waals surface area (Å²) in [6.07, 6.45) is 2.49. The molecule has 0 spiro atoms. The quantitative estimate of drug-likeness (QED) is 0.756. The second-order valence-corrected chi connectivity index (χ2v) is 4.24. The first-order chi connectivity index (χ1) is 6.52. The van der Waals surface area contributed by atoms with E-state index in [2.05, 4.69) is 0 Å². The van der Waals surface area contributed by atoms with Gasteiger partial charge in [0.25, 0.3) is 0 Å². The largest absolute Gasteiger partial charge is 0.505 e. The molecule has 3 heteroatoms. The van der Waals surface area contributed by atoms with Crippen LogP contribution in [0.25, 0.3) is 0 Å². The first-order valence-electron chi connectivity index (χ1n) is 4.78. The molecule has 0 amide bonds.